The van der Waals surface area contributed by atoms with E-state index in [1.165, 1.54) is 28.4 Å². The Bertz CT molecular complexity index is 1510. The number of hydrogen-bond donors (Lipinski definition) is 0. The summed E-state index contributed by atoms with van der Waals surface area (Å²) in [5, 5.41) is 9.85. The molecule has 192 valence electrons. The molecule has 9 heteroatoms. The lowest BCUT2D eigenvalue weighted by Gasteiger charge is -2.22. The molecule has 0 aliphatic carbocycles. The van der Waals surface area contributed by atoms with Crippen LogP contribution >= 0.6 is 11.3 Å². The second-order valence-electron chi connectivity index (χ2n) is 9.60. The fraction of sp³-hybridized carbons (Fsp3) is 0.357. The van der Waals surface area contributed by atoms with Gasteiger partial charge in [-0.3, -0.25) is 14.5 Å². The average Bonchev–Trinajstić information content (AvgIpc) is 3.44. The highest BCUT2D eigenvalue weighted by Gasteiger charge is 2.45. The first-order valence-electron chi connectivity index (χ1n) is 12.5. The largest absolute Gasteiger partial charge is 0.494 e. The number of halogens is 1. The summed E-state index contributed by atoms with van der Waals surface area (Å²) in [6.07, 6.45) is 3.81. The van der Waals surface area contributed by atoms with Crippen molar-refractivity contribution in [3.05, 3.63) is 80.4 Å². The van der Waals surface area contributed by atoms with E-state index in [1.54, 1.807) is 0 Å². The Morgan fingerprint density at radius 1 is 1.14 bits per heavy atom. The average molecular weight is 522 g/mol. The summed E-state index contributed by atoms with van der Waals surface area (Å²) in [6.45, 7) is 6.87. The molecule has 1 amide bonds. The molecule has 37 heavy (non-hydrogen) atoms. The normalized spacial score (nSPS) is 15.1. The van der Waals surface area contributed by atoms with Crippen LogP contribution in [0.4, 0.5) is 9.52 Å². The van der Waals surface area contributed by atoms with Crippen LogP contribution in [0.25, 0.3) is 11.0 Å². The molecule has 1 aliphatic rings. The van der Waals surface area contributed by atoms with E-state index in [2.05, 4.69) is 31.0 Å². The molecule has 5 rings (SSSR count). The van der Waals surface area contributed by atoms with E-state index in [0.717, 1.165) is 36.8 Å². The summed E-state index contributed by atoms with van der Waals surface area (Å²) < 4.78 is 25.9. The number of hydrogen-bond acceptors (Lipinski definition) is 7. The molecule has 4 aromatic rings. The van der Waals surface area contributed by atoms with Crippen molar-refractivity contribution in [3.8, 4) is 5.75 Å². The molecule has 0 radical (unpaired) electrons. The van der Waals surface area contributed by atoms with Crippen LogP contribution < -0.4 is 15.1 Å². The standard InChI is InChI=1S/C28H28FN3O4S/c1-4-5-6-12-35-19-9-7-8-17(14-19)24-23-25(33)20-15-18(29)10-11-21(20)36-26(23)27(34)32(24)28-31-30-22(37-28)13-16(2)3/h7-11,14-16,24H,4-6,12-13H2,1-3H3. The first kappa shape index (κ1) is 25.1. The van der Waals surface area contributed by atoms with Crippen molar-refractivity contribution >= 4 is 33.3 Å². The fourth-order valence-corrected chi connectivity index (χ4v) is 5.63. The lowest BCUT2D eigenvalue weighted by Crippen LogP contribution is -2.29. The molecule has 1 atom stereocenters. The number of fused-ring (bicyclic) bond motifs is 2. The Hall–Kier alpha value is -3.59. The number of unbranched alkanes of at least 4 members (excludes halogenated alkanes) is 2. The number of ether oxygens (including phenoxy) is 1. The van der Waals surface area contributed by atoms with Crippen molar-refractivity contribution in [2.45, 2.75) is 52.5 Å². The smallest absolute Gasteiger partial charge is 0.297 e. The fourth-order valence-electron chi connectivity index (χ4n) is 4.55. The van der Waals surface area contributed by atoms with Crippen molar-refractivity contribution in [2.75, 3.05) is 11.5 Å². The second-order valence-corrected chi connectivity index (χ2v) is 10.6. The zero-order chi connectivity index (χ0) is 26.1. The van der Waals surface area contributed by atoms with Crippen molar-refractivity contribution in [3.63, 3.8) is 0 Å². The quantitative estimate of drug-likeness (QED) is 0.240. The van der Waals surface area contributed by atoms with Crippen molar-refractivity contribution in [2.24, 2.45) is 5.92 Å². The third-order valence-electron chi connectivity index (χ3n) is 6.27. The minimum atomic E-state index is -0.814. The first-order chi connectivity index (χ1) is 17.9. The van der Waals surface area contributed by atoms with Gasteiger partial charge in [-0.05, 0) is 48.2 Å². The highest BCUT2D eigenvalue weighted by atomic mass is 32.1. The number of amides is 1. The molecular formula is C28H28FN3O4S. The van der Waals surface area contributed by atoms with Crippen LogP contribution in [-0.4, -0.2) is 22.7 Å². The Kier molecular flexibility index (Phi) is 7.06. The molecule has 0 spiro atoms. The maximum atomic E-state index is 14.0. The van der Waals surface area contributed by atoms with E-state index in [4.69, 9.17) is 9.15 Å². The van der Waals surface area contributed by atoms with Gasteiger partial charge in [-0.1, -0.05) is 57.1 Å². The van der Waals surface area contributed by atoms with Gasteiger partial charge >= 0.3 is 0 Å². The minimum Gasteiger partial charge on any atom is -0.494 e. The van der Waals surface area contributed by atoms with Crippen LogP contribution in [0.3, 0.4) is 0 Å². The summed E-state index contributed by atoms with van der Waals surface area (Å²) in [7, 11) is 0. The zero-order valence-electron chi connectivity index (χ0n) is 21.0. The number of aromatic nitrogens is 2. The van der Waals surface area contributed by atoms with E-state index in [1.807, 2.05) is 24.3 Å². The maximum Gasteiger partial charge on any atom is 0.297 e. The SMILES string of the molecule is CCCCCOc1cccc(C2c3c(oc4ccc(F)cc4c3=O)C(=O)N2c2nnc(CC(C)C)s2)c1. The summed E-state index contributed by atoms with van der Waals surface area (Å²) >= 11 is 1.32. The molecule has 1 unspecified atom stereocenters. The first-order valence-corrected chi connectivity index (χ1v) is 13.3. The van der Waals surface area contributed by atoms with Gasteiger partial charge in [0.15, 0.2) is 5.43 Å². The molecule has 3 heterocycles. The summed E-state index contributed by atoms with van der Waals surface area (Å²) in [6, 6.07) is 10.2. The van der Waals surface area contributed by atoms with Gasteiger partial charge in [-0.15, -0.1) is 10.2 Å². The lowest BCUT2D eigenvalue weighted by molar-refractivity contribution is 0.0970. The molecule has 1 aliphatic heterocycles. The maximum absolute atomic E-state index is 14.0. The minimum absolute atomic E-state index is 0.0658. The van der Waals surface area contributed by atoms with Crippen LogP contribution in [0.5, 0.6) is 5.75 Å². The van der Waals surface area contributed by atoms with E-state index >= 15 is 0 Å². The number of carbonyl (C=O) groups excluding carboxylic acids is 1. The lowest BCUT2D eigenvalue weighted by atomic mass is 9.98. The number of anilines is 1. The molecule has 2 aromatic heterocycles. The Balaban J connectivity index is 1.64. The molecule has 2 aromatic carbocycles. The Morgan fingerprint density at radius 2 is 1.97 bits per heavy atom. The molecule has 0 saturated heterocycles. The monoisotopic (exact) mass is 521 g/mol. The molecule has 7 nitrogen and oxygen atoms in total. The molecule has 0 fully saturated rings. The van der Waals surface area contributed by atoms with E-state index in [-0.39, 0.29) is 22.3 Å². The number of nitrogens with zero attached hydrogens (tertiary/aromatic N) is 3. The number of carbonyl (C=O) groups is 1. The second kappa shape index (κ2) is 10.4. The van der Waals surface area contributed by atoms with Gasteiger partial charge < -0.3 is 9.15 Å². The van der Waals surface area contributed by atoms with Crippen LogP contribution in [0, 0.1) is 11.7 Å². The third kappa shape index (κ3) is 4.87. The van der Waals surface area contributed by atoms with Gasteiger partial charge in [0.05, 0.1) is 23.6 Å². The van der Waals surface area contributed by atoms with E-state index in [0.29, 0.717) is 29.0 Å². The van der Waals surface area contributed by atoms with Crippen LogP contribution in [-0.2, 0) is 6.42 Å². The molecule has 0 bridgehead atoms. The van der Waals surface area contributed by atoms with Gasteiger partial charge in [0.1, 0.15) is 22.2 Å². The van der Waals surface area contributed by atoms with Crippen molar-refractivity contribution in [1.29, 1.82) is 0 Å². The van der Waals surface area contributed by atoms with Gasteiger partial charge in [-0.25, -0.2) is 4.39 Å². The predicted molar refractivity (Wildman–Crippen MR) is 141 cm³/mol. The molecule has 0 saturated carbocycles. The van der Waals surface area contributed by atoms with Crippen LogP contribution in [0.2, 0.25) is 0 Å². The summed E-state index contributed by atoms with van der Waals surface area (Å²) in [4.78, 5) is 28.9. The van der Waals surface area contributed by atoms with Crippen LogP contribution in [0.1, 0.15) is 72.8 Å². The topological polar surface area (TPSA) is 85.5 Å². The number of benzene rings is 2. The van der Waals surface area contributed by atoms with Gasteiger partial charge in [0, 0.05) is 6.42 Å². The predicted octanol–water partition coefficient (Wildman–Crippen LogP) is 6.30. The third-order valence-corrected chi connectivity index (χ3v) is 7.21. The van der Waals surface area contributed by atoms with Gasteiger partial charge in [0.2, 0.25) is 10.9 Å². The Labute approximate surface area is 217 Å². The highest BCUT2D eigenvalue weighted by Crippen LogP contribution is 2.43. The molecular weight excluding hydrogens is 493 g/mol. The van der Waals surface area contributed by atoms with Crippen molar-refractivity contribution in [1.82, 2.24) is 10.2 Å². The van der Waals surface area contributed by atoms with E-state index < -0.39 is 23.2 Å². The summed E-state index contributed by atoms with van der Waals surface area (Å²) in [5.41, 5.74) is 0.540. The highest BCUT2D eigenvalue weighted by molar-refractivity contribution is 7.15. The van der Waals surface area contributed by atoms with Crippen LogP contribution in [0.15, 0.2) is 51.7 Å². The number of rotatable bonds is 9. The van der Waals surface area contributed by atoms with Gasteiger partial charge in [0.25, 0.3) is 5.91 Å². The van der Waals surface area contributed by atoms with Crippen molar-refractivity contribution < 1.29 is 18.3 Å². The van der Waals surface area contributed by atoms with E-state index in [9.17, 15) is 14.0 Å². The molecule has 0 N–H and O–H groups in total. The Morgan fingerprint density at radius 3 is 2.76 bits per heavy atom. The summed E-state index contributed by atoms with van der Waals surface area (Å²) in [5.74, 6) is -0.0901. The zero-order valence-corrected chi connectivity index (χ0v) is 21.8. The van der Waals surface area contributed by atoms with Gasteiger partial charge in [-0.2, -0.15) is 0 Å².